The Kier molecular flexibility index (Phi) is 3.55. The first-order chi connectivity index (χ1) is 8.85. The van der Waals surface area contributed by atoms with Gasteiger partial charge in [-0.25, -0.2) is 0 Å². The number of aryl methyl sites for hydroxylation is 1. The predicted molar refractivity (Wildman–Crippen MR) is 77.0 cm³/mol. The fraction of sp³-hybridized carbons (Fsp3) is 0.625. The normalized spacial score (nSPS) is 30.4. The zero-order valence-electron chi connectivity index (χ0n) is 11.4. The molecule has 2 bridgehead atoms. The van der Waals surface area contributed by atoms with E-state index in [1.54, 1.807) is 0 Å². The Bertz CT molecular complexity index is 377. The van der Waals surface area contributed by atoms with E-state index in [4.69, 9.17) is 0 Å². The van der Waals surface area contributed by atoms with Gasteiger partial charge in [0.2, 0.25) is 0 Å². The van der Waals surface area contributed by atoms with Crippen LogP contribution in [0.1, 0.15) is 31.7 Å². The van der Waals surface area contributed by atoms with Gasteiger partial charge in [-0.2, -0.15) is 0 Å². The maximum Gasteiger partial charge on any atom is 0.0417 e. The molecule has 0 aliphatic carbocycles. The van der Waals surface area contributed by atoms with Crippen LogP contribution < -0.4 is 5.32 Å². The van der Waals surface area contributed by atoms with E-state index in [0.29, 0.717) is 6.04 Å². The molecular formula is C16H24N2. The smallest absolute Gasteiger partial charge is 0.0417 e. The Morgan fingerprint density at radius 2 is 1.89 bits per heavy atom. The van der Waals surface area contributed by atoms with E-state index in [1.165, 1.54) is 56.6 Å². The van der Waals surface area contributed by atoms with Crippen LogP contribution in [0.25, 0.3) is 0 Å². The number of piperidine rings is 3. The van der Waals surface area contributed by atoms with Gasteiger partial charge in [-0.3, -0.25) is 0 Å². The molecule has 1 atom stereocenters. The lowest BCUT2D eigenvalue weighted by molar-refractivity contribution is 0.0975. The minimum absolute atomic E-state index is 0.671. The van der Waals surface area contributed by atoms with Gasteiger partial charge in [-0.1, -0.05) is 25.5 Å². The number of benzene rings is 1. The first-order valence-electron chi connectivity index (χ1n) is 7.43. The molecule has 0 spiro atoms. The number of nitrogens with one attached hydrogen (secondary N) is 1. The monoisotopic (exact) mass is 244 g/mol. The van der Waals surface area contributed by atoms with Gasteiger partial charge < -0.3 is 10.2 Å². The van der Waals surface area contributed by atoms with E-state index >= 15 is 0 Å². The van der Waals surface area contributed by atoms with Gasteiger partial charge in [0.1, 0.15) is 0 Å². The number of hydrogen-bond acceptors (Lipinski definition) is 2. The molecule has 0 saturated carbocycles. The summed E-state index contributed by atoms with van der Waals surface area (Å²) in [6.07, 6.45) is 5.18. The second-order valence-corrected chi connectivity index (χ2v) is 5.84. The molecule has 1 unspecified atom stereocenters. The van der Waals surface area contributed by atoms with Crippen LogP contribution in [0.3, 0.4) is 0 Å². The van der Waals surface area contributed by atoms with Gasteiger partial charge in [-0.15, -0.1) is 0 Å². The van der Waals surface area contributed by atoms with E-state index in [2.05, 4.69) is 41.4 Å². The molecule has 4 rings (SSSR count). The van der Waals surface area contributed by atoms with Crippen molar-refractivity contribution in [3.63, 3.8) is 0 Å². The molecule has 1 aromatic rings. The molecule has 0 aromatic heterocycles. The second kappa shape index (κ2) is 5.31. The van der Waals surface area contributed by atoms with Crippen molar-refractivity contribution in [2.75, 3.05) is 25.0 Å². The van der Waals surface area contributed by atoms with Crippen LogP contribution >= 0.6 is 0 Å². The van der Waals surface area contributed by atoms with E-state index < -0.39 is 0 Å². The fourth-order valence-corrected chi connectivity index (χ4v) is 3.40. The van der Waals surface area contributed by atoms with Crippen molar-refractivity contribution < 1.29 is 0 Å². The number of anilines is 1. The minimum atomic E-state index is 0.671. The highest BCUT2D eigenvalue weighted by atomic mass is 15.2. The van der Waals surface area contributed by atoms with Crippen LogP contribution in [-0.2, 0) is 6.42 Å². The summed E-state index contributed by atoms with van der Waals surface area (Å²) in [5.74, 6) is 0.894. The first kappa shape index (κ1) is 12.0. The molecule has 3 heterocycles. The van der Waals surface area contributed by atoms with Crippen LogP contribution in [-0.4, -0.2) is 30.6 Å². The lowest BCUT2D eigenvalue weighted by Crippen LogP contribution is -2.53. The van der Waals surface area contributed by atoms with Gasteiger partial charge in [0.05, 0.1) is 0 Å². The van der Waals surface area contributed by atoms with Crippen molar-refractivity contribution in [2.45, 2.75) is 38.6 Å². The highest BCUT2D eigenvalue weighted by Crippen LogP contribution is 2.29. The third-order valence-corrected chi connectivity index (χ3v) is 4.50. The SMILES string of the molecule is CCCc1ccc(NC2CN3CCC2CC3)cc1. The first-order valence-corrected chi connectivity index (χ1v) is 7.43. The highest BCUT2D eigenvalue weighted by Gasteiger charge is 2.33. The molecule has 1 aromatic carbocycles. The number of fused-ring (bicyclic) bond motifs is 3. The molecule has 2 nitrogen and oxygen atoms in total. The van der Waals surface area contributed by atoms with E-state index in [1.807, 2.05) is 0 Å². The second-order valence-electron chi connectivity index (χ2n) is 5.84. The van der Waals surface area contributed by atoms with Crippen LogP contribution in [0.5, 0.6) is 0 Å². The van der Waals surface area contributed by atoms with Crippen LogP contribution in [0.15, 0.2) is 24.3 Å². The summed E-state index contributed by atoms with van der Waals surface area (Å²) in [6, 6.07) is 9.72. The number of nitrogens with zero attached hydrogens (tertiary/aromatic N) is 1. The van der Waals surface area contributed by atoms with Crippen LogP contribution in [0.2, 0.25) is 0 Å². The maximum absolute atomic E-state index is 3.74. The van der Waals surface area contributed by atoms with Gasteiger partial charge in [0.15, 0.2) is 0 Å². The van der Waals surface area contributed by atoms with E-state index in [9.17, 15) is 0 Å². The summed E-state index contributed by atoms with van der Waals surface area (Å²) >= 11 is 0. The Morgan fingerprint density at radius 3 is 2.44 bits per heavy atom. The van der Waals surface area contributed by atoms with Crippen molar-refractivity contribution in [3.05, 3.63) is 29.8 Å². The van der Waals surface area contributed by atoms with Gasteiger partial charge in [0.25, 0.3) is 0 Å². The Labute approximate surface area is 110 Å². The van der Waals surface area contributed by atoms with Crippen LogP contribution in [0.4, 0.5) is 5.69 Å². The highest BCUT2D eigenvalue weighted by molar-refractivity contribution is 5.46. The van der Waals surface area contributed by atoms with Gasteiger partial charge >= 0.3 is 0 Å². The van der Waals surface area contributed by atoms with Crippen molar-refractivity contribution in [1.82, 2.24) is 4.90 Å². The van der Waals surface area contributed by atoms with E-state index in [0.717, 1.165) is 5.92 Å². The molecule has 3 aliphatic rings. The third kappa shape index (κ3) is 2.54. The molecule has 1 N–H and O–H groups in total. The molecule has 3 saturated heterocycles. The Balaban J connectivity index is 1.62. The molecule has 3 fully saturated rings. The molecule has 2 heteroatoms. The summed E-state index contributed by atoms with van der Waals surface area (Å²) in [5.41, 5.74) is 2.76. The molecular weight excluding hydrogens is 220 g/mol. The van der Waals surface area contributed by atoms with Crippen molar-refractivity contribution in [2.24, 2.45) is 5.92 Å². The summed E-state index contributed by atoms with van der Waals surface area (Å²) < 4.78 is 0. The lowest BCUT2D eigenvalue weighted by Gasteiger charge is -2.45. The summed E-state index contributed by atoms with van der Waals surface area (Å²) in [4.78, 5) is 2.60. The van der Waals surface area contributed by atoms with E-state index in [-0.39, 0.29) is 0 Å². The van der Waals surface area contributed by atoms with Gasteiger partial charge in [-0.05, 0) is 56.0 Å². The molecule has 3 aliphatic heterocycles. The molecule has 0 amide bonds. The molecule has 18 heavy (non-hydrogen) atoms. The summed E-state index contributed by atoms with van der Waals surface area (Å²) in [6.45, 7) is 6.11. The zero-order valence-corrected chi connectivity index (χ0v) is 11.4. The number of rotatable bonds is 4. The summed E-state index contributed by atoms with van der Waals surface area (Å²) in [7, 11) is 0. The van der Waals surface area contributed by atoms with Crippen molar-refractivity contribution in [1.29, 1.82) is 0 Å². The van der Waals surface area contributed by atoms with Crippen LogP contribution in [0, 0.1) is 5.92 Å². The van der Waals surface area contributed by atoms with Crippen molar-refractivity contribution >= 4 is 5.69 Å². The minimum Gasteiger partial charge on any atom is -0.381 e. The fourth-order valence-electron chi connectivity index (χ4n) is 3.40. The molecule has 0 radical (unpaired) electrons. The van der Waals surface area contributed by atoms with Gasteiger partial charge in [0, 0.05) is 18.3 Å². The quantitative estimate of drug-likeness (QED) is 0.875. The topological polar surface area (TPSA) is 15.3 Å². The standard InChI is InChI=1S/C16H24N2/c1-2-3-13-4-6-15(7-5-13)17-16-12-18-10-8-14(16)9-11-18/h4-7,14,16-17H,2-3,8-12H2,1H3. The maximum atomic E-state index is 3.74. The largest absolute Gasteiger partial charge is 0.381 e. The predicted octanol–water partition coefficient (Wildman–Crippen LogP) is 3.15. The molecule has 98 valence electrons. The zero-order chi connectivity index (χ0) is 12.4. The number of hydrogen-bond donors (Lipinski definition) is 1. The Hall–Kier alpha value is -1.02. The van der Waals surface area contributed by atoms with Crippen molar-refractivity contribution in [3.8, 4) is 0 Å². The average Bonchev–Trinajstić information content (AvgIpc) is 2.43. The average molecular weight is 244 g/mol. The third-order valence-electron chi connectivity index (χ3n) is 4.50. The lowest BCUT2D eigenvalue weighted by atomic mass is 9.84. The summed E-state index contributed by atoms with van der Waals surface area (Å²) in [5, 5.41) is 3.74. The Morgan fingerprint density at radius 1 is 1.17 bits per heavy atom.